The van der Waals surface area contributed by atoms with Crippen molar-refractivity contribution in [1.29, 1.82) is 0 Å². The fourth-order valence-electron chi connectivity index (χ4n) is 4.71. The Morgan fingerprint density at radius 2 is 1.83 bits per heavy atom. The van der Waals surface area contributed by atoms with Gasteiger partial charge >= 0.3 is 150 Å². The summed E-state index contributed by atoms with van der Waals surface area (Å²) in [5.74, 6) is 0. The van der Waals surface area contributed by atoms with Crippen LogP contribution in [0.2, 0.25) is 0 Å². The number of pyridine rings is 1. The summed E-state index contributed by atoms with van der Waals surface area (Å²) in [7, 11) is 0. The van der Waals surface area contributed by atoms with Crippen LogP contribution in [-0.4, -0.2) is 45.8 Å². The van der Waals surface area contributed by atoms with Crippen LogP contribution in [0.1, 0.15) is 5.56 Å². The number of nitrogens with one attached hydrogen (secondary N) is 2. The van der Waals surface area contributed by atoms with Crippen LogP contribution in [0.4, 0.5) is 5.69 Å². The summed E-state index contributed by atoms with van der Waals surface area (Å²) in [5.41, 5.74) is 8.58. The Bertz CT molecular complexity index is 1520. The molecule has 4 heterocycles. The van der Waals surface area contributed by atoms with Gasteiger partial charge in [0.1, 0.15) is 0 Å². The van der Waals surface area contributed by atoms with Gasteiger partial charge < -0.3 is 10.2 Å². The SMILES string of the molecule is C=C[I-]NCc1ccc2c(-c3cnn4cc(-c5ccc(N6CCNCC6)cc5)cnc34)ccnc2c1. The molecule has 3 aromatic heterocycles. The van der Waals surface area contributed by atoms with E-state index in [0.29, 0.717) is 0 Å². The second kappa shape index (κ2) is 10.3. The predicted octanol–water partition coefficient (Wildman–Crippen LogP) is 1.26. The van der Waals surface area contributed by atoms with E-state index >= 15 is 0 Å². The number of rotatable bonds is 7. The third-order valence-corrected chi connectivity index (χ3v) is 7.82. The van der Waals surface area contributed by atoms with E-state index in [1.807, 2.05) is 33.3 Å². The van der Waals surface area contributed by atoms with Crippen LogP contribution in [0.5, 0.6) is 0 Å². The molecule has 0 aliphatic carbocycles. The maximum absolute atomic E-state index is 4.83. The number of halogens is 1. The van der Waals surface area contributed by atoms with Crippen molar-refractivity contribution >= 4 is 22.2 Å². The zero-order valence-electron chi connectivity index (χ0n) is 19.9. The zero-order chi connectivity index (χ0) is 24.3. The first-order valence-electron chi connectivity index (χ1n) is 12.0. The summed E-state index contributed by atoms with van der Waals surface area (Å²) >= 11 is -0.154. The quantitative estimate of drug-likeness (QED) is 0.170. The molecule has 182 valence electrons. The van der Waals surface area contributed by atoms with Crippen LogP contribution >= 0.6 is 0 Å². The molecule has 7 nitrogen and oxygen atoms in total. The van der Waals surface area contributed by atoms with E-state index in [0.717, 1.165) is 71.5 Å². The fourth-order valence-corrected chi connectivity index (χ4v) is 5.68. The van der Waals surface area contributed by atoms with Crippen LogP contribution in [0.25, 0.3) is 38.8 Å². The van der Waals surface area contributed by atoms with E-state index in [9.17, 15) is 0 Å². The molecule has 1 aliphatic heterocycles. The van der Waals surface area contributed by atoms with Crippen LogP contribution in [0.15, 0.2) is 84.0 Å². The summed E-state index contributed by atoms with van der Waals surface area (Å²) < 4.78 is 7.30. The minimum absolute atomic E-state index is 0.154. The molecule has 2 N–H and O–H groups in total. The van der Waals surface area contributed by atoms with Crippen molar-refractivity contribution in [3.63, 3.8) is 0 Å². The molecule has 1 saturated heterocycles. The van der Waals surface area contributed by atoms with Crippen molar-refractivity contribution < 1.29 is 21.5 Å². The first-order valence-corrected chi connectivity index (χ1v) is 14.4. The molecular weight excluding hydrogens is 561 g/mol. The van der Waals surface area contributed by atoms with Gasteiger partial charge in [-0.1, -0.05) is 12.1 Å². The van der Waals surface area contributed by atoms with E-state index in [-0.39, 0.29) is 21.5 Å². The molecule has 6 rings (SSSR count). The molecule has 0 atom stereocenters. The maximum atomic E-state index is 4.83. The third-order valence-electron chi connectivity index (χ3n) is 6.56. The number of nitrogens with zero attached hydrogens (tertiary/aromatic N) is 5. The van der Waals surface area contributed by atoms with Crippen molar-refractivity contribution in [2.45, 2.75) is 6.54 Å². The molecule has 0 saturated carbocycles. The monoisotopic (exact) mass is 588 g/mol. The van der Waals surface area contributed by atoms with Gasteiger partial charge in [-0.3, -0.25) is 0 Å². The van der Waals surface area contributed by atoms with Gasteiger partial charge in [0, 0.05) is 31.9 Å². The second-order valence-corrected chi connectivity index (χ2v) is 11.0. The Morgan fingerprint density at radius 3 is 2.67 bits per heavy atom. The van der Waals surface area contributed by atoms with Crippen LogP contribution < -0.4 is 35.2 Å². The van der Waals surface area contributed by atoms with Gasteiger partial charge in [-0.2, -0.15) is 0 Å². The summed E-state index contributed by atoms with van der Waals surface area (Å²) in [6.07, 6.45) is 7.76. The molecular formula is C28H27IN7-. The van der Waals surface area contributed by atoms with Crippen molar-refractivity contribution in [1.82, 2.24) is 28.4 Å². The Hall–Kier alpha value is -3.34. The van der Waals surface area contributed by atoms with E-state index in [1.54, 1.807) is 0 Å². The van der Waals surface area contributed by atoms with Gasteiger partial charge in [-0.15, -0.1) is 0 Å². The van der Waals surface area contributed by atoms with Gasteiger partial charge in [0.05, 0.1) is 0 Å². The minimum atomic E-state index is -0.154. The third kappa shape index (κ3) is 4.59. The number of piperazine rings is 1. The van der Waals surface area contributed by atoms with Gasteiger partial charge in [-0.25, -0.2) is 0 Å². The number of fused-ring (bicyclic) bond motifs is 2. The summed E-state index contributed by atoms with van der Waals surface area (Å²) in [6.45, 7) is 8.79. The number of benzene rings is 2. The number of hydrogen-bond acceptors (Lipinski definition) is 6. The molecule has 0 unspecified atom stereocenters. The van der Waals surface area contributed by atoms with Crippen molar-refractivity contribution in [3.05, 3.63) is 89.5 Å². The molecule has 0 spiro atoms. The molecule has 1 fully saturated rings. The van der Waals surface area contributed by atoms with Crippen LogP contribution in [0, 0.1) is 0 Å². The standard InChI is InChI=1S/C28H27IN7/c1-2-29-33-16-20-3-8-25-24(9-10-31-27(25)15-20)26-18-34-36-19-22(17-32-28(26)36)21-4-6-23(7-5-21)35-13-11-30-12-14-35/h2-10,15,17-19,30,33H,1,11-14,16H2/q-1. The second-order valence-electron chi connectivity index (χ2n) is 8.74. The van der Waals surface area contributed by atoms with E-state index < -0.39 is 0 Å². The molecule has 2 aromatic carbocycles. The predicted molar refractivity (Wildman–Crippen MR) is 141 cm³/mol. The molecule has 8 heteroatoms. The van der Waals surface area contributed by atoms with Gasteiger partial charge in [0.2, 0.25) is 0 Å². The van der Waals surface area contributed by atoms with Gasteiger partial charge in [0.15, 0.2) is 0 Å². The fraction of sp³-hybridized carbons (Fsp3) is 0.179. The van der Waals surface area contributed by atoms with Crippen LogP contribution in [0.3, 0.4) is 0 Å². The Labute approximate surface area is 220 Å². The summed E-state index contributed by atoms with van der Waals surface area (Å²) in [4.78, 5) is 11.9. The Kier molecular flexibility index (Phi) is 6.63. The number of aromatic nitrogens is 4. The first-order chi connectivity index (χ1) is 17.8. The van der Waals surface area contributed by atoms with Crippen LogP contribution in [-0.2, 0) is 6.54 Å². The molecule has 0 amide bonds. The molecule has 1 aliphatic rings. The summed E-state index contributed by atoms with van der Waals surface area (Å²) in [6, 6.07) is 17.3. The molecule has 5 aromatic rings. The summed E-state index contributed by atoms with van der Waals surface area (Å²) in [5, 5.41) is 9.16. The Morgan fingerprint density at radius 1 is 0.972 bits per heavy atom. The number of hydrogen-bond donors (Lipinski definition) is 2. The van der Waals surface area contributed by atoms with E-state index in [1.165, 1.54) is 11.3 Å². The Balaban J connectivity index is 1.29. The van der Waals surface area contributed by atoms with E-state index in [2.05, 4.69) is 79.1 Å². The van der Waals surface area contributed by atoms with Gasteiger partial charge in [-0.05, 0) is 17.7 Å². The average molecular weight is 588 g/mol. The van der Waals surface area contributed by atoms with E-state index in [4.69, 9.17) is 4.98 Å². The van der Waals surface area contributed by atoms with Gasteiger partial charge in [0.25, 0.3) is 0 Å². The van der Waals surface area contributed by atoms with Crippen molar-refractivity contribution in [2.75, 3.05) is 31.1 Å². The number of anilines is 1. The van der Waals surface area contributed by atoms with Crippen molar-refractivity contribution in [3.8, 4) is 22.3 Å². The normalized spacial score (nSPS) is 14.1. The molecule has 0 radical (unpaired) electrons. The average Bonchev–Trinajstić information content (AvgIpc) is 3.36. The zero-order valence-corrected chi connectivity index (χ0v) is 22.0. The first kappa shape index (κ1) is 23.1. The van der Waals surface area contributed by atoms with Crippen molar-refractivity contribution in [2.24, 2.45) is 0 Å². The molecule has 0 bridgehead atoms. The molecule has 36 heavy (non-hydrogen) atoms. The topological polar surface area (TPSA) is 70.4 Å².